The van der Waals surface area contributed by atoms with E-state index in [1.165, 1.54) is 18.4 Å². The molecule has 0 aromatic carbocycles. The van der Waals surface area contributed by atoms with E-state index in [1.54, 1.807) is 0 Å². The summed E-state index contributed by atoms with van der Waals surface area (Å²) < 4.78 is 0. The molecule has 3 N–H and O–H groups in total. The van der Waals surface area contributed by atoms with E-state index >= 15 is 0 Å². The first kappa shape index (κ1) is 21.7. The van der Waals surface area contributed by atoms with Crippen molar-refractivity contribution in [2.75, 3.05) is 13.1 Å². The van der Waals surface area contributed by atoms with Gasteiger partial charge in [0.1, 0.15) is 0 Å². The molecular formula is C21H35NO3. The summed E-state index contributed by atoms with van der Waals surface area (Å²) in [4.78, 5) is 10.4. The third-order valence-corrected chi connectivity index (χ3v) is 4.51. The normalized spacial score (nSPS) is 15.4. The molecule has 1 unspecified atom stereocenters. The number of unbranched alkanes of at least 4 members (excludes halogenated alkanes) is 5. The van der Waals surface area contributed by atoms with Gasteiger partial charge in [0.05, 0.1) is 6.10 Å². The summed E-state index contributed by atoms with van der Waals surface area (Å²) in [6.07, 6.45) is 17.4. The number of allylic oxidation sites excluding steroid dienone is 3. The molecule has 0 saturated carbocycles. The van der Waals surface area contributed by atoms with Crippen LogP contribution in [0.15, 0.2) is 35.5 Å². The number of nitrogens with one attached hydrogen (secondary N) is 1. The molecule has 142 valence electrons. The minimum Gasteiger partial charge on any atom is -0.481 e. The summed E-state index contributed by atoms with van der Waals surface area (Å²) in [5, 5.41) is 22.3. The van der Waals surface area contributed by atoms with Gasteiger partial charge in [-0.25, -0.2) is 0 Å². The van der Waals surface area contributed by atoms with E-state index < -0.39 is 5.97 Å². The zero-order valence-corrected chi connectivity index (χ0v) is 15.7. The second kappa shape index (κ2) is 13.9. The molecule has 1 atom stereocenters. The van der Waals surface area contributed by atoms with Gasteiger partial charge in [-0.15, -0.1) is 0 Å². The van der Waals surface area contributed by atoms with Crippen LogP contribution in [0.3, 0.4) is 0 Å². The SMILES string of the molecule is CCCCCC(O)C1=CC=C(CNCCCCCCC(=O)O)CC=C1. The van der Waals surface area contributed by atoms with E-state index in [2.05, 4.69) is 36.5 Å². The predicted molar refractivity (Wildman–Crippen MR) is 104 cm³/mol. The molecule has 0 amide bonds. The van der Waals surface area contributed by atoms with Crippen molar-refractivity contribution in [2.45, 2.75) is 77.2 Å². The Kier molecular flexibility index (Phi) is 12.0. The summed E-state index contributed by atoms with van der Waals surface area (Å²) in [5.41, 5.74) is 2.35. The molecule has 0 saturated heterocycles. The van der Waals surface area contributed by atoms with Crippen molar-refractivity contribution < 1.29 is 15.0 Å². The van der Waals surface area contributed by atoms with E-state index in [1.807, 2.05) is 0 Å². The van der Waals surface area contributed by atoms with Gasteiger partial charge in [-0.1, -0.05) is 68.9 Å². The number of carbonyl (C=O) groups is 1. The van der Waals surface area contributed by atoms with Crippen LogP contribution in [0.25, 0.3) is 0 Å². The summed E-state index contributed by atoms with van der Waals surface area (Å²) in [6, 6.07) is 0. The molecular weight excluding hydrogens is 314 g/mol. The molecule has 0 aromatic heterocycles. The summed E-state index contributed by atoms with van der Waals surface area (Å²) in [7, 11) is 0. The number of carboxylic acid groups (broad SMARTS) is 1. The molecule has 1 aliphatic rings. The maximum atomic E-state index is 10.4. The molecule has 4 heteroatoms. The molecule has 1 rings (SSSR count). The summed E-state index contributed by atoms with van der Waals surface area (Å²) in [5.74, 6) is -0.700. The number of aliphatic hydroxyl groups is 1. The number of rotatable bonds is 14. The fourth-order valence-corrected chi connectivity index (χ4v) is 2.92. The van der Waals surface area contributed by atoms with Crippen molar-refractivity contribution >= 4 is 5.97 Å². The van der Waals surface area contributed by atoms with Crippen LogP contribution in [0.4, 0.5) is 0 Å². The zero-order valence-electron chi connectivity index (χ0n) is 15.7. The van der Waals surface area contributed by atoms with E-state index in [9.17, 15) is 9.90 Å². The minimum absolute atomic E-state index is 0.283. The molecule has 0 heterocycles. The van der Waals surface area contributed by atoms with E-state index in [4.69, 9.17) is 5.11 Å². The van der Waals surface area contributed by atoms with Crippen molar-refractivity contribution in [3.8, 4) is 0 Å². The molecule has 0 aliphatic heterocycles. The van der Waals surface area contributed by atoms with E-state index in [-0.39, 0.29) is 12.5 Å². The van der Waals surface area contributed by atoms with Gasteiger partial charge in [0.25, 0.3) is 0 Å². The Labute approximate surface area is 152 Å². The highest BCUT2D eigenvalue weighted by molar-refractivity contribution is 5.66. The van der Waals surface area contributed by atoms with Gasteiger partial charge in [0, 0.05) is 13.0 Å². The molecule has 0 aromatic rings. The number of aliphatic carboxylic acids is 1. The molecule has 1 aliphatic carbocycles. The molecule has 0 radical (unpaired) electrons. The molecule has 4 nitrogen and oxygen atoms in total. The summed E-state index contributed by atoms with van der Waals surface area (Å²) in [6.45, 7) is 4.01. The zero-order chi connectivity index (χ0) is 18.3. The van der Waals surface area contributed by atoms with Crippen LogP contribution in [-0.4, -0.2) is 35.4 Å². The van der Waals surface area contributed by atoms with Crippen LogP contribution in [-0.2, 0) is 4.79 Å². The van der Waals surface area contributed by atoms with Crippen LogP contribution in [0.5, 0.6) is 0 Å². The Bertz CT molecular complexity index is 466. The third-order valence-electron chi connectivity index (χ3n) is 4.51. The number of carboxylic acids is 1. The van der Waals surface area contributed by atoms with Gasteiger partial charge in [-0.2, -0.15) is 0 Å². The highest BCUT2D eigenvalue weighted by Crippen LogP contribution is 2.17. The lowest BCUT2D eigenvalue weighted by Crippen LogP contribution is -2.18. The van der Waals surface area contributed by atoms with Crippen molar-refractivity contribution in [3.05, 3.63) is 35.5 Å². The van der Waals surface area contributed by atoms with Crippen molar-refractivity contribution in [3.63, 3.8) is 0 Å². The average Bonchev–Trinajstić information content (AvgIpc) is 2.83. The Morgan fingerprint density at radius 1 is 1.16 bits per heavy atom. The van der Waals surface area contributed by atoms with Gasteiger partial charge in [-0.3, -0.25) is 4.79 Å². The van der Waals surface area contributed by atoms with Gasteiger partial charge in [0.15, 0.2) is 0 Å². The lowest BCUT2D eigenvalue weighted by molar-refractivity contribution is -0.137. The van der Waals surface area contributed by atoms with Crippen molar-refractivity contribution in [1.82, 2.24) is 5.32 Å². The highest BCUT2D eigenvalue weighted by Gasteiger charge is 2.09. The summed E-state index contributed by atoms with van der Waals surface area (Å²) >= 11 is 0. The fraction of sp³-hybridized carbons (Fsp3) is 0.667. The quantitative estimate of drug-likeness (QED) is 0.407. The van der Waals surface area contributed by atoms with Crippen LogP contribution >= 0.6 is 0 Å². The maximum absolute atomic E-state index is 10.4. The second-order valence-corrected chi connectivity index (χ2v) is 6.84. The lowest BCUT2D eigenvalue weighted by Gasteiger charge is -2.10. The molecule has 0 spiro atoms. The monoisotopic (exact) mass is 349 g/mol. The minimum atomic E-state index is -0.700. The van der Waals surface area contributed by atoms with Gasteiger partial charge < -0.3 is 15.5 Å². The smallest absolute Gasteiger partial charge is 0.303 e. The number of hydrogen-bond acceptors (Lipinski definition) is 3. The van der Waals surface area contributed by atoms with E-state index in [0.29, 0.717) is 0 Å². The van der Waals surface area contributed by atoms with Gasteiger partial charge in [0.2, 0.25) is 0 Å². The Morgan fingerprint density at radius 2 is 1.96 bits per heavy atom. The average molecular weight is 350 g/mol. The fourth-order valence-electron chi connectivity index (χ4n) is 2.92. The van der Waals surface area contributed by atoms with Crippen molar-refractivity contribution in [2.24, 2.45) is 0 Å². The molecule has 25 heavy (non-hydrogen) atoms. The maximum Gasteiger partial charge on any atom is 0.303 e. The standard InChI is InChI=1S/C21H35NO3/c1-2-3-6-12-20(23)19-11-9-10-18(14-15-19)17-22-16-8-5-4-7-13-21(24)25/h9,11,14-15,20,22-23H,2-8,10,12-13,16-17H2,1H3,(H,24,25). The molecule has 0 bridgehead atoms. The Hall–Kier alpha value is -1.39. The van der Waals surface area contributed by atoms with Crippen LogP contribution in [0, 0.1) is 0 Å². The number of hydrogen-bond donors (Lipinski definition) is 3. The van der Waals surface area contributed by atoms with Gasteiger partial charge >= 0.3 is 5.97 Å². The first-order valence-corrected chi connectivity index (χ1v) is 9.80. The highest BCUT2D eigenvalue weighted by atomic mass is 16.4. The third kappa shape index (κ3) is 11.0. The topological polar surface area (TPSA) is 69.6 Å². The Balaban J connectivity index is 2.20. The first-order valence-electron chi connectivity index (χ1n) is 9.80. The van der Waals surface area contributed by atoms with Crippen LogP contribution < -0.4 is 5.32 Å². The second-order valence-electron chi connectivity index (χ2n) is 6.84. The van der Waals surface area contributed by atoms with Crippen LogP contribution in [0.1, 0.15) is 71.1 Å². The van der Waals surface area contributed by atoms with Crippen molar-refractivity contribution in [1.29, 1.82) is 0 Å². The predicted octanol–water partition coefficient (Wildman–Crippen LogP) is 4.37. The Morgan fingerprint density at radius 3 is 2.72 bits per heavy atom. The van der Waals surface area contributed by atoms with E-state index in [0.717, 1.165) is 63.6 Å². The lowest BCUT2D eigenvalue weighted by atomic mass is 10.0. The largest absolute Gasteiger partial charge is 0.481 e. The van der Waals surface area contributed by atoms with Crippen LogP contribution in [0.2, 0.25) is 0 Å². The van der Waals surface area contributed by atoms with Gasteiger partial charge in [-0.05, 0) is 37.8 Å². The first-order chi connectivity index (χ1) is 12.1. The number of aliphatic hydroxyl groups excluding tert-OH is 1. The molecule has 0 fully saturated rings.